The minimum Gasteiger partial charge on any atom is -0.372 e. The number of carbonyl (C=O) groups is 1. The molecule has 1 amide bonds. The van der Waals surface area contributed by atoms with E-state index in [1.54, 1.807) is 51.3 Å². The van der Waals surface area contributed by atoms with Crippen molar-refractivity contribution in [2.75, 3.05) is 13.7 Å². The van der Waals surface area contributed by atoms with Gasteiger partial charge >= 0.3 is 0 Å². The number of benzene rings is 2. The van der Waals surface area contributed by atoms with Crippen LogP contribution in [0.15, 0.2) is 53.4 Å². The lowest BCUT2D eigenvalue weighted by Gasteiger charge is -2.29. The molecular formula is C21H26ClNO4S. The molecule has 2 rings (SSSR count). The van der Waals surface area contributed by atoms with E-state index in [4.69, 9.17) is 16.3 Å². The molecule has 0 saturated carbocycles. The highest BCUT2D eigenvalue weighted by Crippen LogP contribution is 2.26. The standard InChI is InChI=1S/C21H26ClNO4S/c1-15(2)28(25,26)19-10-8-16(9-11-19)12-20(24)23-14-21(3,27-4)17-6-5-7-18(22)13-17/h5-11,13,15H,12,14H2,1-4H3,(H,23,24)/t21-/m1/s1. The average molecular weight is 424 g/mol. The van der Waals surface area contributed by atoms with Crippen LogP contribution in [0.5, 0.6) is 0 Å². The van der Waals surface area contributed by atoms with Gasteiger partial charge in [0.15, 0.2) is 9.84 Å². The quantitative estimate of drug-likeness (QED) is 0.701. The number of hydrogen-bond donors (Lipinski definition) is 1. The lowest BCUT2D eigenvalue weighted by atomic mass is 9.95. The average Bonchev–Trinajstić information content (AvgIpc) is 2.66. The fraction of sp³-hybridized carbons (Fsp3) is 0.381. The first-order valence-electron chi connectivity index (χ1n) is 8.99. The van der Waals surface area contributed by atoms with Gasteiger partial charge in [-0.15, -0.1) is 0 Å². The summed E-state index contributed by atoms with van der Waals surface area (Å²) in [6.07, 6.45) is 0.150. The van der Waals surface area contributed by atoms with Crippen molar-refractivity contribution in [2.45, 2.75) is 42.9 Å². The van der Waals surface area contributed by atoms with Gasteiger partial charge in [0.1, 0.15) is 5.60 Å². The van der Waals surface area contributed by atoms with Crippen LogP contribution in [0.4, 0.5) is 0 Å². The van der Waals surface area contributed by atoms with E-state index in [1.807, 2.05) is 25.1 Å². The van der Waals surface area contributed by atoms with Crippen LogP contribution < -0.4 is 5.32 Å². The highest BCUT2D eigenvalue weighted by atomic mass is 35.5. The maximum Gasteiger partial charge on any atom is 0.224 e. The van der Waals surface area contributed by atoms with Crippen LogP contribution in [0.1, 0.15) is 31.9 Å². The number of methoxy groups -OCH3 is 1. The first-order chi connectivity index (χ1) is 13.1. The molecule has 1 atom stereocenters. The highest BCUT2D eigenvalue weighted by Gasteiger charge is 2.27. The summed E-state index contributed by atoms with van der Waals surface area (Å²) in [5, 5.41) is 2.99. The molecule has 0 aliphatic heterocycles. The van der Waals surface area contributed by atoms with E-state index >= 15 is 0 Å². The van der Waals surface area contributed by atoms with Crippen LogP contribution in [-0.2, 0) is 31.4 Å². The largest absolute Gasteiger partial charge is 0.372 e. The third kappa shape index (κ3) is 5.34. The van der Waals surface area contributed by atoms with Gasteiger partial charge < -0.3 is 10.1 Å². The van der Waals surface area contributed by atoms with Crippen molar-refractivity contribution in [1.29, 1.82) is 0 Å². The maximum atomic E-state index is 12.4. The van der Waals surface area contributed by atoms with E-state index in [-0.39, 0.29) is 23.8 Å². The molecule has 0 spiro atoms. The van der Waals surface area contributed by atoms with Gasteiger partial charge in [0, 0.05) is 12.1 Å². The number of carbonyl (C=O) groups excluding carboxylic acids is 1. The van der Waals surface area contributed by atoms with E-state index in [0.717, 1.165) is 11.1 Å². The van der Waals surface area contributed by atoms with Crippen LogP contribution >= 0.6 is 11.6 Å². The van der Waals surface area contributed by atoms with Crippen molar-refractivity contribution in [3.63, 3.8) is 0 Å². The van der Waals surface area contributed by atoms with Gasteiger partial charge in [-0.05, 0) is 56.2 Å². The molecule has 0 saturated heterocycles. The lowest BCUT2D eigenvalue weighted by Crippen LogP contribution is -2.40. The zero-order valence-electron chi connectivity index (χ0n) is 16.5. The van der Waals surface area contributed by atoms with E-state index in [2.05, 4.69) is 5.32 Å². The van der Waals surface area contributed by atoms with Crippen molar-refractivity contribution >= 4 is 27.3 Å². The van der Waals surface area contributed by atoms with Crippen molar-refractivity contribution in [3.05, 3.63) is 64.7 Å². The van der Waals surface area contributed by atoms with E-state index in [1.165, 1.54) is 0 Å². The zero-order chi connectivity index (χ0) is 20.9. The molecule has 7 heteroatoms. The van der Waals surface area contributed by atoms with Crippen LogP contribution in [0.25, 0.3) is 0 Å². The summed E-state index contributed by atoms with van der Waals surface area (Å²) in [6, 6.07) is 13.8. The van der Waals surface area contributed by atoms with E-state index in [0.29, 0.717) is 5.02 Å². The molecule has 0 radical (unpaired) electrons. The smallest absolute Gasteiger partial charge is 0.224 e. The second-order valence-corrected chi connectivity index (χ2v) is 10.1. The Morgan fingerprint density at radius 2 is 1.82 bits per heavy atom. The van der Waals surface area contributed by atoms with Gasteiger partial charge in [-0.2, -0.15) is 0 Å². The molecule has 0 unspecified atom stereocenters. The summed E-state index contributed by atoms with van der Waals surface area (Å²) in [7, 11) is -1.73. The van der Waals surface area contributed by atoms with Crippen molar-refractivity contribution in [2.24, 2.45) is 0 Å². The Morgan fingerprint density at radius 1 is 1.18 bits per heavy atom. The van der Waals surface area contributed by atoms with E-state index in [9.17, 15) is 13.2 Å². The Morgan fingerprint density at radius 3 is 2.36 bits per heavy atom. The number of rotatable bonds is 8. The molecule has 1 N–H and O–H groups in total. The molecule has 28 heavy (non-hydrogen) atoms. The molecule has 0 aliphatic carbocycles. The fourth-order valence-electron chi connectivity index (χ4n) is 2.69. The van der Waals surface area contributed by atoms with Crippen molar-refractivity contribution in [1.82, 2.24) is 5.32 Å². The predicted octanol–water partition coefficient (Wildman–Crippen LogP) is 3.74. The summed E-state index contributed by atoms with van der Waals surface area (Å²) in [6.45, 7) is 5.44. The van der Waals surface area contributed by atoms with Crippen molar-refractivity contribution in [3.8, 4) is 0 Å². The normalized spacial score (nSPS) is 13.9. The van der Waals surface area contributed by atoms with Crippen LogP contribution in [0.3, 0.4) is 0 Å². The lowest BCUT2D eigenvalue weighted by molar-refractivity contribution is -0.122. The zero-order valence-corrected chi connectivity index (χ0v) is 18.1. The fourth-order valence-corrected chi connectivity index (χ4v) is 3.94. The van der Waals surface area contributed by atoms with Gasteiger partial charge in [-0.3, -0.25) is 4.79 Å². The molecule has 2 aromatic carbocycles. The number of hydrogen-bond acceptors (Lipinski definition) is 4. The molecule has 0 aliphatic rings. The van der Waals surface area contributed by atoms with Gasteiger partial charge in [0.2, 0.25) is 5.91 Å². The number of nitrogens with one attached hydrogen (secondary N) is 1. The predicted molar refractivity (Wildman–Crippen MR) is 111 cm³/mol. The Balaban J connectivity index is 2.02. The van der Waals surface area contributed by atoms with Crippen LogP contribution in [-0.4, -0.2) is 33.2 Å². The Hall–Kier alpha value is -1.89. The summed E-state index contributed by atoms with van der Waals surface area (Å²) < 4.78 is 29.9. The number of halogens is 1. The van der Waals surface area contributed by atoms with Gasteiger partial charge in [-0.1, -0.05) is 35.9 Å². The molecule has 0 heterocycles. The molecule has 5 nitrogen and oxygen atoms in total. The maximum absolute atomic E-state index is 12.4. The molecule has 152 valence electrons. The molecule has 0 bridgehead atoms. The molecular weight excluding hydrogens is 398 g/mol. The van der Waals surface area contributed by atoms with Crippen LogP contribution in [0.2, 0.25) is 5.02 Å². The second-order valence-electron chi connectivity index (χ2n) is 7.14. The third-order valence-corrected chi connectivity index (χ3v) is 7.15. The van der Waals surface area contributed by atoms with Crippen molar-refractivity contribution < 1.29 is 17.9 Å². The molecule has 0 fully saturated rings. The first-order valence-corrected chi connectivity index (χ1v) is 10.9. The molecule has 0 aromatic heterocycles. The summed E-state index contributed by atoms with van der Waals surface area (Å²) in [4.78, 5) is 12.6. The van der Waals surface area contributed by atoms with Gasteiger partial charge in [0.25, 0.3) is 0 Å². The summed E-state index contributed by atoms with van der Waals surface area (Å²) in [5.41, 5.74) is 0.892. The minimum atomic E-state index is -3.32. The molecule has 2 aromatic rings. The number of amides is 1. The first kappa shape index (κ1) is 22.4. The van der Waals surface area contributed by atoms with Gasteiger partial charge in [0.05, 0.1) is 23.1 Å². The monoisotopic (exact) mass is 423 g/mol. The number of ether oxygens (including phenoxy) is 1. The highest BCUT2D eigenvalue weighted by molar-refractivity contribution is 7.92. The summed E-state index contributed by atoms with van der Waals surface area (Å²) in [5.74, 6) is -0.176. The Labute approximate surface area is 172 Å². The Kier molecular flexibility index (Phi) is 7.26. The topological polar surface area (TPSA) is 72.5 Å². The van der Waals surface area contributed by atoms with Gasteiger partial charge in [-0.25, -0.2) is 8.42 Å². The minimum absolute atomic E-state index is 0.150. The van der Waals surface area contributed by atoms with E-state index < -0.39 is 20.7 Å². The Bertz CT molecular complexity index is 926. The number of sulfone groups is 1. The third-order valence-electron chi connectivity index (χ3n) is 4.75. The SMILES string of the molecule is CO[C@](C)(CNC(=O)Cc1ccc(S(=O)(=O)C(C)C)cc1)c1cccc(Cl)c1. The summed E-state index contributed by atoms with van der Waals surface area (Å²) >= 11 is 6.06. The second kappa shape index (κ2) is 9.07. The van der Waals surface area contributed by atoms with Crippen LogP contribution in [0, 0.1) is 0 Å².